The molecule has 0 aliphatic rings. The number of para-hydroxylation sites is 1. The molecule has 0 radical (unpaired) electrons. The van der Waals surface area contributed by atoms with Gasteiger partial charge in [-0.15, -0.1) is 11.3 Å². The number of hydrogen-bond acceptors (Lipinski definition) is 4. The number of nitrogens with zero attached hydrogens (tertiary/aromatic N) is 1. The zero-order valence-electron chi connectivity index (χ0n) is 14.9. The zero-order valence-corrected chi connectivity index (χ0v) is 15.7. The average molecular weight is 368 g/mol. The van der Waals surface area contributed by atoms with Crippen molar-refractivity contribution in [2.45, 2.75) is 20.8 Å². The number of furan rings is 1. The van der Waals surface area contributed by atoms with Crippen molar-refractivity contribution in [3.05, 3.63) is 70.5 Å². The van der Waals surface area contributed by atoms with Crippen LogP contribution in [0.3, 0.4) is 0 Å². The fourth-order valence-corrected chi connectivity index (χ4v) is 3.77. The van der Waals surface area contributed by atoms with Crippen molar-refractivity contribution in [3.63, 3.8) is 0 Å². The minimum Gasteiger partial charge on any atom is -0.459 e. The zero-order chi connectivity index (χ0) is 18.7. The first-order chi connectivity index (χ1) is 12.5. The van der Waals surface area contributed by atoms with E-state index in [4.69, 9.17) is 4.42 Å². The molecule has 0 bridgehead atoms. The topological polar surface area (TPSA) is 62.6 Å². The number of anilines is 2. The SMILES string of the molecule is CCN(C(=O)c1sc(NC(=O)c2ccco2)cc1C)c1ccccc1C. The lowest BCUT2D eigenvalue weighted by Crippen LogP contribution is -2.31. The van der Waals surface area contributed by atoms with Gasteiger partial charge in [-0.25, -0.2) is 0 Å². The summed E-state index contributed by atoms with van der Waals surface area (Å²) in [5, 5.41) is 3.40. The summed E-state index contributed by atoms with van der Waals surface area (Å²) < 4.78 is 5.10. The summed E-state index contributed by atoms with van der Waals surface area (Å²) in [5.74, 6) is -0.164. The van der Waals surface area contributed by atoms with Crippen LogP contribution in [0.5, 0.6) is 0 Å². The molecule has 134 valence electrons. The van der Waals surface area contributed by atoms with Crippen molar-refractivity contribution in [1.29, 1.82) is 0 Å². The van der Waals surface area contributed by atoms with E-state index < -0.39 is 0 Å². The van der Waals surface area contributed by atoms with Crippen molar-refractivity contribution in [3.8, 4) is 0 Å². The quantitative estimate of drug-likeness (QED) is 0.698. The summed E-state index contributed by atoms with van der Waals surface area (Å²) in [5.41, 5.74) is 2.78. The third-order valence-corrected chi connectivity index (χ3v) is 5.20. The monoisotopic (exact) mass is 368 g/mol. The van der Waals surface area contributed by atoms with Crippen LogP contribution in [0.15, 0.2) is 53.1 Å². The number of rotatable bonds is 5. The van der Waals surface area contributed by atoms with Crippen molar-refractivity contribution in [2.75, 3.05) is 16.8 Å². The number of hydrogen-bond donors (Lipinski definition) is 1. The molecule has 3 aromatic rings. The molecule has 2 aromatic heterocycles. The van der Waals surface area contributed by atoms with Gasteiger partial charge in [0.2, 0.25) is 0 Å². The lowest BCUT2D eigenvalue weighted by atomic mass is 10.1. The van der Waals surface area contributed by atoms with E-state index >= 15 is 0 Å². The van der Waals surface area contributed by atoms with Gasteiger partial charge in [0.1, 0.15) is 0 Å². The van der Waals surface area contributed by atoms with E-state index in [1.807, 2.05) is 51.1 Å². The lowest BCUT2D eigenvalue weighted by molar-refractivity contribution is 0.0985. The minimum atomic E-state index is -0.332. The summed E-state index contributed by atoms with van der Waals surface area (Å²) >= 11 is 1.27. The molecule has 1 aromatic carbocycles. The fourth-order valence-electron chi connectivity index (χ4n) is 2.75. The number of amides is 2. The van der Waals surface area contributed by atoms with Crippen molar-refractivity contribution in [2.24, 2.45) is 0 Å². The molecule has 26 heavy (non-hydrogen) atoms. The highest BCUT2D eigenvalue weighted by Crippen LogP contribution is 2.30. The Kier molecular flexibility index (Phi) is 5.23. The van der Waals surface area contributed by atoms with Crippen molar-refractivity contribution in [1.82, 2.24) is 0 Å². The number of aryl methyl sites for hydroxylation is 2. The van der Waals surface area contributed by atoms with Crippen molar-refractivity contribution < 1.29 is 14.0 Å². The molecule has 2 amide bonds. The van der Waals surface area contributed by atoms with Gasteiger partial charge in [0.25, 0.3) is 11.8 Å². The highest BCUT2D eigenvalue weighted by Gasteiger charge is 2.22. The molecule has 6 heteroatoms. The lowest BCUT2D eigenvalue weighted by Gasteiger charge is -2.22. The normalized spacial score (nSPS) is 10.6. The van der Waals surface area contributed by atoms with Crippen LogP contribution in [0.1, 0.15) is 38.3 Å². The summed E-state index contributed by atoms with van der Waals surface area (Å²) in [6.45, 7) is 6.38. The second-order valence-corrected chi connectivity index (χ2v) is 6.94. The first kappa shape index (κ1) is 17.9. The van der Waals surface area contributed by atoms with Crippen LogP contribution in [0, 0.1) is 13.8 Å². The third kappa shape index (κ3) is 3.55. The van der Waals surface area contributed by atoms with Crippen LogP contribution >= 0.6 is 11.3 Å². The maximum Gasteiger partial charge on any atom is 0.291 e. The Morgan fingerprint density at radius 1 is 1.12 bits per heavy atom. The van der Waals surface area contributed by atoms with Gasteiger partial charge in [0.05, 0.1) is 16.1 Å². The van der Waals surface area contributed by atoms with E-state index in [1.54, 1.807) is 17.0 Å². The molecular weight excluding hydrogens is 348 g/mol. The molecule has 2 heterocycles. The Labute approximate surface area is 156 Å². The summed E-state index contributed by atoms with van der Waals surface area (Å²) in [6, 6.07) is 12.9. The Morgan fingerprint density at radius 3 is 2.54 bits per heavy atom. The highest BCUT2D eigenvalue weighted by atomic mass is 32.1. The van der Waals surface area contributed by atoms with Gasteiger partial charge in [-0.1, -0.05) is 18.2 Å². The fraction of sp³-hybridized carbons (Fsp3) is 0.200. The smallest absolute Gasteiger partial charge is 0.291 e. The molecule has 0 spiro atoms. The second-order valence-electron chi connectivity index (χ2n) is 5.89. The largest absolute Gasteiger partial charge is 0.459 e. The maximum absolute atomic E-state index is 13.1. The molecular formula is C20H20N2O3S. The van der Waals surface area contributed by atoms with Gasteiger partial charge < -0.3 is 14.6 Å². The van der Waals surface area contributed by atoms with E-state index in [0.29, 0.717) is 16.4 Å². The average Bonchev–Trinajstić information content (AvgIpc) is 3.27. The summed E-state index contributed by atoms with van der Waals surface area (Å²) in [7, 11) is 0. The molecule has 0 atom stereocenters. The predicted molar refractivity (Wildman–Crippen MR) is 104 cm³/mol. The first-order valence-electron chi connectivity index (χ1n) is 8.34. The first-order valence-corrected chi connectivity index (χ1v) is 9.15. The summed E-state index contributed by atoms with van der Waals surface area (Å²) in [4.78, 5) is 27.6. The van der Waals surface area contributed by atoms with Crippen LogP contribution < -0.4 is 10.2 Å². The van der Waals surface area contributed by atoms with Crippen LogP contribution in [0.4, 0.5) is 10.7 Å². The van der Waals surface area contributed by atoms with Gasteiger partial charge in [-0.2, -0.15) is 0 Å². The van der Waals surface area contributed by atoms with E-state index in [0.717, 1.165) is 16.8 Å². The number of benzene rings is 1. The highest BCUT2D eigenvalue weighted by molar-refractivity contribution is 7.18. The Morgan fingerprint density at radius 2 is 1.88 bits per heavy atom. The predicted octanol–water partition coefficient (Wildman–Crippen LogP) is 4.88. The Hall–Kier alpha value is -2.86. The molecule has 0 saturated carbocycles. The van der Waals surface area contributed by atoms with Gasteiger partial charge in [-0.3, -0.25) is 9.59 Å². The van der Waals surface area contributed by atoms with Crippen LogP contribution in [-0.4, -0.2) is 18.4 Å². The number of carbonyl (C=O) groups is 2. The molecule has 0 aliphatic carbocycles. The number of nitrogens with one attached hydrogen (secondary N) is 1. The minimum absolute atomic E-state index is 0.0669. The van der Waals surface area contributed by atoms with Gasteiger partial charge in [0.15, 0.2) is 5.76 Å². The molecule has 0 fully saturated rings. The van der Waals surface area contributed by atoms with Crippen molar-refractivity contribution >= 4 is 33.8 Å². The molecule has 0 saturated heterocycles. The van der Waals surface area contributed by atoms with E-state index in [-0.39, 0.29) is 17.6 Å². The number of thiophene rings is 1. The van der Waals surface area contributed by atoms with Crippen LogP contribution in [0.25, 0.3) is 0 Å². The van der Waals surface area contributed by atoms with Gasteiger partial charge in [0, 0.05) is 12.2 Å². The van der Waals surface area contributed by atoms with Crippen LogP contribution in [0.2, 0.25) is 0 Å². The molecule has 3 rings (SSSR count). The Bertz CT molecular complexity index is 928. The third-order valence-electron chi connectivity index (χ3n) is 4.06. The standard InChI is InChI=1S/C20H20N2O3S/c1-4-22(15-9-6-5-8-13(15)2)20(24)18-14(3)12-17(26-18)21-19(23)16-10-7-11-25-16/h5-12H,4H2,1-3H3,(H,21,23). The molecule has 0 unspecified atom stereocenters. The molecule has 1 N–H and O–H groups in total. The van der Waals surface area contributed by atoms with E-state index in [9.17, 15) is 9.59 Å². The van der Waals surface area contributed by atoms with Crippen LogP contribution in [-0.2, 0) is 0 Å². The second kappa shape index (κ2) is 7.58. The van der Waals surface area contributed by atoms with E-state index in [2.05, 4.69) is 5.32 Å². The molecule has 0 aliphatic heterocycles. The van der Waals surface area contributed by atoms with Gasteiger partial charge in [-0.05, 0) is 56.2 Å². The number of carbonyl (C=O) groups excluding carboxylic acids is 2. The van der Waals surface area contributed by atoms with E-state index in [1.165, 1.54) is 17.6 Å². The summed E-state index contributed by atoms with van der Waals surface area (Å²) in [6.07, 6.45) is 1.45. The molecule has 5 nitrogen and oxygen atoms in total. The Balaban J connectivity index is 1.84. The maximum atomic E-state index is 13.1. The van der Waals surface area contributed by atoms with Gasteiger partial charge >= 0.3 is 0 Å².